The molecule has 4 aromatic rings. The lowest BCUT2D eigenvalue weighted by Crippen LogP contribution is -1.84. The largest absolute Gasteiger partial charge is 0.248 e. The topological polar surface area (TPSA) is 25.8 Å². The van der Waals surface area contributed by atoms with Crippen molar-refractivity contribution in [2.24, 2.45) is 0 Å². The molecule has 0 atom stereocenters. The standard InChI is InChI=1S/C14H6Cl2N2S/c15-12-7-3-1-2-4-8(7)17-9-5-6-10-13(11(9)12)19-14(16)18-10/h1-6H. The van der Waals surface area contributed by atoms with E-state index in [9.17, 15) is 0 Å². The fourth-order valence-electron chi connectivity index (χ4n) is 2.28. The highest BCUT2D eigenvalue weighted by Crippen LogP contribution is 2.38. The summed E-state index contributed by atoms with van der Waals surface area (Å²) in [7, 11) is 0. The highest BCUT2D eigenvalue weighted by atomic mass is 35.5. The average molecular weight is 305 g/mol. The normalized spacial score (nSPS) is 11.7. The number of hydrogen-bond acceptors (Lipinski definition) is 3. The van der Waals surface area contributed by atoms with E-state index < -0.39 is 0 Å². The zero-order valence-electron chi connectivity index (χ0n) is 9.52. The Bertz CT molecular complexity index is 946. The molecule has 2 aromatic carbocycles. The summed E-state index contributed by atoms with van der Waals surface area (Å²) in [5.74, 6) is 0. The van der Waals surface area contributed by atoms with Crippen molar-refractivity contribution in [3.8, 4) is 0 Å². The van der Waals surface area contributed by atoms with Gasteiger partial charge in [-0.25, -0.2) is 9.97 Å². The van der Waals surface area contributed by atoms with Gasteiger partial charge in [-0.15, -0.1) is 11.3 Å². The first kappa shape index (κ1) is 11.4. The average Bonchev–Trinajstić information content (AvgIpc) is 2.79. The van der Waals surface area contributed by atoms with Gasteiger partial charge in [0, 0.05) is 10.8 Å². The molecule has 5 heteroatoms. The van der Waals surface area contributed by atoms with Gasteiger partial charge in [0.2, 0.25) is 0 Å². The molecule has 0 spiro atoms. The quantitative estimate of drug-likeness (QED) is 0.412. The molecule has 0 unspecified atom stereocenters. The van der Waals surface area contributed by atoms with Crippen molar-refractivity contribution in [1.29, 1.82) is 0 Å². The Morgan fingerprint density at radius 2 is 1.63 bits per heavy atom. The van der Waals surface area contributed by atoms with Crippen LogP contribution in [0.15, 0.2) is 36.4 Å². The van der Waals surface area contributed by atoms with E-state index in [0.717, 1.165) is 32.0 Å². The highest BCUT2D eigenvalue weighted by Gasteiger charge is 2.13. The summed E-state index contributed by atoms with van der Waals surface area (Å²) in [6.45, 7) is 0. The number of hydrogen-bond donors (Lipinski definition) is 0. The predicted molar refractivity (Wildman–Crippen MR) is 82.4 cm³/mol. The van der Waals surface area contributed by atoms with Crippen LogP contribution >= 0.6 is 34.5 Å². The van der Waals surface area contributed by atoms with Crippen molar-refractivity contribution >= 4 is 66.6 Å². The Hall–Kier alpha value is -1.42. The Morgan fingerprint density at radius 1 is 0.842 bits per heavy atom. The lowest BCUT2D eigenvalue weighted by atomic mass is 10.1. The van der Waals surface area contributed by atoms with E-state index in [1.165, 1.54) is 11.3 Å². The minimum atomic E-state index is 0.520. The van der Waals surface area contributed by atoms with E-state index in [2.05, 4.69) is 9.97 Å². The molecule has 92 valence electrons. The van der Waals surface area contributed by atoms with Crippen LogP contribution in [-0.2, 0) is 0 Å². The van der Waals surface area contributed by atoms with Gasteiger partial charge in [0.05, 0.1) is 26.3 Å². The van der Waals surface area contributed by atoms with Crippen LogP contribution in [-0.4, -0.2) is 9.97 Å². The van der Waals surface area contributed by atoms with E-state index in [1.54, 1.807) is 0 Å². The van der Waals surface area contributed by atoms with Crippen LogP contribution in [0, 0.1) is 0 Å². The summed E-state index contributed by atoms with van der Waals surface area (Å²) in [5.41, 5.74) is 2.63. The molecule has 19 heavy (non-hydrogen) atoms. The number of thiazole rings is 1. The van der Waals surface area contributed by atoms with Crippen LogP contribution in [0.25, 0.3) is 32.0 Å². The molecule has 0 fully saturated rings. The third-order valence-electron chi connectivity index (χ3n) is 3.11. The second-order valence-corrected chi connectivity index (χ2v) is 6.18. The van der Waals surface area contributed by atoms with Gasteiger partial charge < -0.3 is 0 Å². The summed E-state index contributed by atoms with van der Waals surface area (Å²) in [6.07, 6.45) is 0. The number of benzene rings is 2. The lowest BCUT2D eigenvalue weighted by molar-refractivity contribution is 1.48. The lowest BCUT2D eigenvalue weighted by Gasteiger charge is -2.05. The summed E-state index contributed by atoms with van der Waals surface area (Å²) in [6, 6.07) is 11.7. The van der Waals surface area contributed by atoms with Gasteiger partial charge in [-0.05, 0) is 18.2 Å². The molecule has 0 N–H and O–H groups in total. The smallest absolute Gasteiger partial charge is 0.184 e. The maximum absolute atomic E-state index is 6.56. The van der Waals surface area contributed by atoms with Gasteiger partial charge in [0.1, 0.15) is 0 Å². The molecule has 0 saturated heterocycles. The predicted octanol–water partition coefficient (Wildman–Crippen LogP) is 5.30. The van der Waals surface area contributed by atoms with Crippen molar-refractivity contribution in [3.63, 3.8) is 0 Å². The number of pyridine rings is 1. The van der Waals surface area contributed by atoms with E-state index in [0.29, 0.717) is 9.49 Å². The highest BCUT2D eigenvalue weighted by molar-refractivity contribution is 7.23. The molecule has 4 rings (SSSR count). The second kappa shape index (κ2) is 4.04. The van der Waals surface area contributed by atoms with Gasteiger partial charge in [-0.3, -0.25) is 0 Å². The zero-order valence-corrected chi connectivity index (χ0v) is 11.9. The van der Waals surface area contributed by atoms with Crippen molar-refractivity contribution in [2.75, 3.05) is 0 Å². The number of rotatable bonds is 0. The first-order valence-electron chi connectivity index (χ1n) is 5.67. The summed E-state index contributed by atoms with van der Waals surface area (Å²) >= 11 is 14.0. The third-order valence-corrected chi connectivity index (χ3v) is 4.70. The monoisotopic (exact) mass is 304 g/mol. The minimum Gasteiger partial charge on any atom is -0.248 e. The Labute approximate surface area is 122 Å². The van der Waals surface area contributed by atoms with Gasteiger partial charge in [0.25, 0.3) is 0 Å². The van der Waals surface area contributed by atoms with Gasteiger partial charge in [-0.1, -0.05) is 41.4 Å². The summed E-state index contributed by atoms with van der Waals surface area (Å²) in [5, 5.41) is 2.60. The van der Waals surface area contributed by atoms with Gasteiger partial charge in [-0.2, -0.15) is 0 Å². The van der Waals surface area contributed by atoms with Gasteiger partial charge in [0.15, 0.2) is 4.47 Å². The van der Waals surface area contributed by atoms with Crippen LogP contribution in [0.4, 0.5) is 0 Å². The SMILES string of the molecule is Clc1nc2ccc3nc4ccccc4c(Cl)c3c2s1. The number of nitrogens with zero attached hydrogens (tertiary/aromatic N) is 2. The fourth-order valence-corrected chi connectivity index (χ4v) is 3.85. The van der Waals surface area contributed by atoms with E-state index in [4.69, 9.17) is 23.2 Å². The van der Waals surface area contributed by atoms with Crippen LogP contribution in [0.3, 0.4) is 0 Å². The van der Waals surface area contributed by atoms with Crippen molar-refractivity contribution in [2.45, 2.75) is 0 Å². The molecular formula is C14H6Cl2N2S. The number of fused-ring (bicyclic) bond motifs is 4. The molecule has 0 aliphatic carbocycles. The number of halogens is 2. The van der Waals surface area contributed by atoms with Crippen molar-refractivity contribution in [3.05, 3.63) is 45.9 Å². The molecule has 0 radical (unpaired) electrons. The maximum Gasteiger partial charge on any atom is 0.184 e. The van der Waals surface area contributed by atoms with Crippen LogP contribution in [0.5, 0.6) is 0 Å². The maximum atomic E-state index is 6.56. The zero-order chi connectivity index (χ0) is 13.0. The van der Waals surface area contributed by atoms with Crippen molar-refractivity contribution in [1.82, 2.24) is 9.97 Å². The van der Waals surface area contributed by atoms with Crippen LogP contribution < -0.4 is 0 Å². The first-order valence-corrected chi connectivity index (χ1v) is 7.24. The molecule has 2 nitrogen and oxygen atoms in total. The molecule has 0 saturated carbocycles. The van der Waals surface area contributed by atoms with Gasteiger partial charge >= 0.3 is 0 Å². The molecular weight excluding hydrogens is 299 g/mol. The Kier molecular flexibility index (Phi) is 2.42. The van der Waals surface area contributed by atoms with E-state index in [-0.39, 0.29) is 0 Å². The second-order valence-electron chi connectivity index (χ2n) is 4.22. The molecule has 2 heterocycles. The molecule has 0 bridgehead atoms. The summed E-state index contributed by atoms with van der Waals surface area (Å²) in [4.78, 5) is 8.93. The third kappa shape index (κ3) is 1.62. The van der Waals surface area contributed by atoms with E-state index in [1.807, 2.05) is 36.4 Å². The molecule has 2 aromatic heterocycles. The number of aromatic nitrogens is 2. The number of para-hydroxylation sites is 1. The molecule has 0 amide bonds. The van der Waals surface area contributed by atoms with Crippen molar-refractivity contribution < 1.29 is 0 Å². The Balaban J connectivity index is 2.32. The first-order chi connectivity index (χ1) is 9.24. The minimum absolute atomic E-state index is 0.520. The van der Waals surface area contributed by atoms with Crippen LogP contribution in [0.1, 0.15) is 0 Å². The Morgan fingerprint density at radius 3 is 2.53 bits per heavy atom. The molecule has 0 aliphatic rings. The van der Waals surface area contributed by atoms with Crippen LogP contribution in [0.2, 0.25) is 9.49 Å². The summed E-state index contributed by atoms with van der Waals surface area (Å²) < 4.78 is 1.51. The fraction of sp³-hybridized carbons (Fsp3) is 0. The van der Waals surface area contributed by atoms with E-state index >= 15 is 0 Å². The molecule has 0 aliphatic heterocycles.